The predicted octanol–water partition coefficient (Wildman–Crippen LogP) is 0.599. The van der Waals surface area contributed by atoms with Gasteiger partial charge in [-0.2, -0.15) is 5.10 Å². The number of aromatic amines is 1. The predicted molar refractivity (Wildman–Crippen MR) is 73.3 cm³/mol. The van der Waals surface area contributed by atoms with Crippen molar-refractivity contribution in [2.75, 3.05) is 13.1 Å². The fraction of sp³-hybridized carbons (Fsp3) is 0.417. The first-order valence-corrected chi connectivity index (χ1v) is 6.58. The zero-order valence-electron chi connectivity index (χ0n) is 10.6. The standard InChI is InChI=1S/C12H14ClN5O2/c13-10-8-4-15-3-7(9(8)16-17-10)5-18-2-1-12(14,6-18)11(19)20/h3-4H,1-2,5-6,14H2,(H,16,17)(H,19,20). The molecule has 106 valence electrons. The van der Waals surface area contributed by atoms with Gasteiger partial charge in [-0.25, -0.2) is 0 Å². The van der Waals surface area contributed by atoms with Crippen LogP contribution in [0.3, 0.4) is 0 Å². The highest BCUT2D eigenvalue weighted by Gasteiger charge is 2.41. The SMILES string of the molecule is NC1(C(=O)O)CCN(Cc2cncc3c(Cl)[nH]nc23)C1. The second-order valence-corrected chi connectivity index (χ2v) is 5.53. The van der Waals surface area contributed by atoms with Crippen LogP contribution in [0.1, 0.15) is 12.0 Å². The van der Waals surface area contributed by atoms with Gasteiger partial charge in [0.1, 0.15) is 16.2 Å². The van der Waals surface area contributed by atoms with Gasteiger partial charge in [-0.05, 0) is 6.42 Å². The molecule has 0 spiro atoms. The summed E-state index contributed by atoms with van der Waals surface area (Å²) in [5.41, 5.74) is 6.36. The number of carbonyl (C=O) groups is 1. The topological polar surface area (TPSA) is 108 Å². The van der Waals surface area contributed by atoms with Crippen LogP contribution in [-0.2, 0) is 11.3 Å². The zero-order chi connectivity index (χ0) is 14.3. The third kappa shape index (κ3) is 2.13. The lowest BCUT2D eigenvalue weighted by molar-refractivity contribution is -0.142. The van der Waals surface area contributed by atoms with Crippen LogP contribution < -0.4 is 5.73 Å². The molecule has 2 aromatic rings. The number of nitrogens with one attached hydrogen (secondary N) is 1. The Labute approximate surface area is 119 Å². The van der Waals surface area contributed by atoms with Gasteiger partial charge in [0, 0.05) is 37.6 Å². The molecule has 0 amide bonds. The fourth-order valence-corrected chi connectivity index (χ4v) is 2.72. The van der Waals surface area contributed by atoms with E-state index >= 15 is 0 Å². The molecule has 1 fully saturated rings. The summed E-state index contributed by atoms with van der Waals surface area (Å²) in [5.74, 6) is -0.959. The number of pyridine rings is 1. The largest absolute Gasteiger partial charge is 0.480 e. The Morgan fingerprint density at radius 1 is 1.60 bits per heavy atom. The van der Waals surface area contributed by atoms with Crippen molar-refractivity contribution in [2.24, 2.45) is 5.73 Å². The molecule has 1 saturated heterocycles. The van der Waals surface area contributed by atoms with Crippen LogP contribution in [0.5, 0.6) is 0 Å². The molecule has 1 aliphatic heterocycles. The molecule has 0 aromatic carbocycles. The molecule has 0 bridgehead atoms. The number of nitrogens with zero attached hydrogens (tertiary/aromatic N) is 3. The third-order valence-electron chi connectivity index (χ3n) is 3.70. The van der Waals surface area contributed by atoms with Crippen LogP contribution in [0.2, 0.25) is 5.15 Å². The summed E-state index contributed by atoms with van der Waals surface area (Å²) in [7, 11) is 0. The summed E-state index contributed by atoms with van der Waals surface area (Å²) >= 11 is 5.98. The third-order valence-corrected chi connectivity index (χ3v) is 3.98. The Bertz CT molecular complexity index is 673. The average Bonchev–Trinajstić information content (AvgIpc) is 2.96. The van der Waals surface area contributed by atoms with Gasteiger partial charge in [0.2, 0.25) is 0 Å². The number of likely N-dealkylation sites (tertiary alicyclic amines) is 1. The minimum Gasteiger partial charge on any atom is -0.480 e. The Morgan fingerprint density at radius 2 is 2.40 bits per heavy atom. The zero-order valence-corrected chi connectivity index (χ0v) is 11.4. The lowest BCUT2D eigenvalue weighted by Gasteiger charge is -2.19. The first kappa shape index (κ1) is 13.3. The van der Waals surface area contributed by atoms with E-state index in [0.717, 1.165) is 16.5 Å². The number of hydrogen-bond acceptors (Lipinski definition) is 5. The second-order valence-electron chi connectivity index (χ2n) is 5.15. The van der Waals surface area contributed by atoms with Gasteiger partial charge in [0.15, 0.2) is 0 Å². The van der Waals surface area contributed by atoms with E-state index in [1.807, 2.05) is 4.90 Å². The van der Waals surface area contributed by atoms with Gasteiger partial charge in [-0.3, -0.25) is 19.8 Å². The molecule has 3 rings (SSSR count). The van der Waals surface area contributed by atoms with Crippen molar-refractivity contribution in [2.45, 2.75) is 18.5 Å². The minimum atomic E-state index is -1.16. The van der Waals surface area contributed by atoms with E-state index in [4.69, 9.17) is 22.4 Å². The van der Waals surface area contributed by atoms with Crippen molar-refractivity contribution in [3.05, 3.63) is 23.1 Å². The normalized spacial score (nSPS) is 23.5. The van der Waals surface area contributed by atoms with E-state index in [1.165, 1.54) is 0 Å². The van der Waals surface area contributed by atoms with Crippen molar-refractivity contribution in [1.29, 1.82) is 0 Å². The van der Waals surface area contributed by atoms with Crippen molar-refractivity contribution in [3.8, 4) is 0 Å². The Morgan fingerprint density at radius 3 is 3.10 bits per heavy atom. The highest BCUT2D eigenvalue weighted by molar-refractivity contribution is 6.34. The van der Waals surface area contributed by atoms with E-state index in [-0.39, 0.29) is 0 Å². The van der Waals surface area contributed by atoms with E-state index in [1.54, 1.807) is 12.4 Å². The lowest BCUT2D eigenvalue weighted by atomic mass is 10.0. The molecule has 2 aromatic heterocycles. The van der Waals surface area contributed by atoms with Gasteiger partial charge < -0.3 is 10.8 Å². The maximum atomic E-state index is 11.1. The second kappa shape index (κ2) is 4.69. The first-order valence-electron chi connectivity index (χ1n) is 6.21. The summed E-state index contributed by atoms with van der Waals surface area (Å²) < 4.78 is 0. The van der Waals surface area contributed by atoms with E-state index in [0.29, 0.717) is 31.2 Å². The molecule has 8 heteroatoms. The average molecular weight is 296 g/mol. The highest BCUT2D eigenvalue weighted by Crippen LogP contribution is 2.25. The Kier molecular flexibility index (Phi) is 3.12. The number of aliphatic carboxylic acids is 1. The fourth-order valence-electron chi connectivity index (χ4n) is 2.54. The van der Waals surface area contributed by atoms with Gasteiger partial charge >= 0.3 is 5.97 Å². The number of H-pyrrole nitrogens is 1. The molecule has 20 heavy (non-hydrogen) atoms. The Balaban J connectivity index is 1.83. The van der Waals surface area contributed by atoms with E-state index in [2.05, 4.69) is 15.2 Å². The highest BCUT2D eigenvalue weighted by atomic mass is 35.5. The van der Waals surface area contributed by atoms with Crippen LogP contribution in [0.25, 0.3) is 10.9 Å². The number of rotatable bonds is 3. The van der Waals surface area contributed by atoms with Crippen molar-refractivity contribution >= 4 is 28.5 Å². The molecule has 1 aliphatic rings. The molecule has 0 radical (unpaired) electrons. The van der Waals surface area contributed by atoms with Crippen molar-refractivity contribution < 1.29 is 9.90 Å². The van der Waals surface area contributed by atoms with Gasteiger partial charge in [0.05, 0.1) is 5.39 Å². The van der Waals surface area contributed by atoms with Crippen LogP contribution in [0.4, 0.5) is 0 Å². The van der Waals surface area contributed by atoms with Gasteiger partial charge in [-0.1, -0.05) is 11.6 Å². The number of halogens is 1. The molecular weight excluding hydrogens is 282 g/mol. The minimum absolute atomic E-state index is 0.316. The molecule has 3 heterocycles. The smallest absolute Gasteiger partial charge is 0.325 e. The summed E-state index contributed by atoms with van der Waals surface area (Å²) in [6.07, 6.45) is 3.81. The maximum Gasteiger partial charge on any atom is 0.325 e. The summed E-state index contributed by atoms with van der Waals surface area (Å²) in [6, 6.07) is 0. The van der Waals surface area contributed by atoms with Crippen LogP contribution in [0, 0.1) is 0 Å². The molecule has 4 N–H and O–H groups in total. The molecule has 0 saturated carbocycles. The number of aromatic nitrogens is 3. The summed E-state index contributed by atoms with van der Waals surface area (Å²) in [6.45, 7) is 1.51. The van der Waals surface area contributed by atoms with Crippen LogP contribution in [-0.4, -0.2) is 49.8 Å². The van der Waals surface area contributed by atoms with Gasteiger partial charge in [-0.15, -0.1) is 0 Å². The number of carboxylic acid groups (broad SMARTS) is 1. The number of carboxylic acids is 1. The van der Waals surface area contributed by atoms with Crippen LogP contribution >= 0.6 is 11.6 Å². The molecule has 0 aliphatic carbocycles. The monoisotopic (exact) mass is 295 g/mol. The quantitative estimate of drug-likeness (QED) is 0.765. The Hall–Kier alpha value is -1.70. The van der Waals surface area contributed by atoms with Crippen LogP contribution in [0.15, 0.2) is 12.4 Å². The number of hydrogen-bond donors (Lipinski definition) is 3. The van der Waals surface area contributed by atoms with E-state index in [9.17, 15) is 4.79 Å². The first-order chi connectivity index (χ1) is 9.49. The van der Waals surface area contributed by atoms with E-state index < -0.39 is 11.5 Å². The lowest BCUT2D eigenvalue weighted by Crippen LogP contribution is -2.50. The van der Waals surface area contributed by atoms with Crippen molar-refractivity contribution in [3.63, 3.8) is 0 Å². The summed E-state index contributed by atoms with van der Waals surface area (Å²) in [4.78, 5) is 17.3. The van der Waals surface area contributed by atoms with Gasteiger partial charge in [0.25, 0.3) is 0 Å². The molecule has 1 atom stereocenters. The molecule has 1 unspecified atom stereocenters. The molecule has 7 nitrogen and oxygen atoms in total. The summed E-state index contributed by atoms with van der Waals surface area (Å²) in [5, 5.41) is 17.2. The molecular formula is C12H14ClN5O2. The number of fused-ring (bicyclic) bond motifs is 1. The maximum absolute atomic E-state index is 11.1. The van der Waals surface area contributed by atoms with Crippen molar-refractivity contribution in [1.82, 2.24) is 20.1 Å². The number of nitrogens with two attached hydrogens (primary N) is 1.